The van der Waals surface area contributed by atoms with Crippen molar-refractivity contribution in [1.82, 2.24) is 5.16 Å². The van der Waals surface area contributed by atoms with E-state index >= 15 is 0 Å². The van der Waals surface area contributed by atoms with E-state index in [1.54, 1.807) is 25.3 Å². The van der Waals surface area contributed by atoms with Crippen LogP contribution in [0.3, 0.4) is 0 Å². The molecule has 0 atom stereocenters. The summed E-state index contributed by atoms with van der Waals surface area (Å²) in [5.41, 5.74) is 3.71. The van der Waals surface area contributed by atoms with Crippen LogP contribution in [0.25, 0.3) is 11.1 Å². The fourth-order valence-corrected chi connectivity index (χ4v) is 1.72. The molecule has 0 unspecified atom stereocenters. The Kier molecular flexibility index (Phi) is 10.8. The molecule has 0 N–H and O–H groups in total. The zero-order valence-corrected chi connectivity index (χ0v) is 14.2. The quantitative estimate of drug-likeness (QED) is 0.504. The number of hydrogen-bond donors (Lipinski definition) is 0. The predicted molar refractivity (Wildman–Crippen MR) is 97.1 cm³/mol. The second kappa shape index (κ2) is 12.2. The standard InChI is InChI=1S/C18H19NO.C2H6/c1-5-9-10-13-15(8-4)18-17(14-20-19-18)16(11-6-2)12-7-3;1-2/h6-8,10-14H,2H2,1,3-4H3;1-2H3/b12-7-,13-10-,15-8+,16-11+;. The topological polar surface area (TPSA) is 26.0 Å². The van der Waals surface area contributed by atoms with E-state index in [9.17, 15) is 0 Å². The van der Waals surface area contributed by atoms with E-state index in [0.717, 1.165) is 22.4 Å². The highest BCUT2D eigenvalue weighted by atomic mass is 16.5. The van der Waals surface area contributed by atoms with E-state index in [2.05, 4.69) is 23.6 Å². The summed E-state index contributed by atoms with van der Waals surface area (Å²) < 4.78 is 5.14. The van der Waals surface area contributed by atoms with Gasteiger partial charge in [-0.25, -0.2) is 0 Å². The SMILES string of the molecule is C=C/C=C(\C=C/C)c1conc1C(/C=C\C#CC)=C/C.CC. The summed E-state index contributed by atoms with van der Waals surface area (Å²) in [4.78, 5) is 0. The number of nitrogens with zero attached hydrogens (tertiary/aromatic N) is 1. The van der Waals surface area contributed by atoms with Gasteiger partial charge in [-0.3, -0.25) is 0 Å². The largest absolute Gasteiger partial charge is 0.363 e. The minimum Gasteiger partial charge on any atom is -0.363 e. The molecule has 0 fully saturated rings. The third kappa shape index (κ3) is 5.85. The monoisotopic (exact) mass is 295 g/mol. The molecule has 0 saturated heterocycles. The van der Waals surface area contributed by atoms with Crippen molar-refractivity contribution < 1.29 is 4.52 Å². The van der Waals surface area contributed by atoms with Crippen LogP contribution in [0.1, 0.15) is 45.9 Å². The molecule has 0 amide bonds. The van der Waals surface area contributed by atoms with Crippen LogP contribution >= 0.6 is 0 Å². The number of hydrogen-bond acceptors (Lipinski definition) is 2. The minimum absolute atomic E-state index is 0.799. The maximum Gasteiger partial charge on any atom is 0.132 e. The van der Waals surface area contributed by atoms with E-state index < -0.39 is 0 Å². The van der Waals surface area contributed by atoms with Gasteiger partial charge in [0.2, 0.25) is 0 Å². The Labute approximate surface area is 134 Å². The molecule has 0 bridgehead atoms. The summed E-state index contributed by atoms with van der Waals surface area (Å²) in [6.07, 6.45) is 15.0. The maximum absolute atomic E-state index is 5.14. The van der Waals surface area contributed by atoms with Gasteiger partial charge in [0.1, 0.15) is 12.0 Å². The maximum atomic E-state index is 5.14. The zero-order valence-electron chi connectivity index (χ0n) is 14.2. The first kappa shape index (κ1) is 19.5. The summed E-state index contributed by atoms with van der Waals surface area (Å²) in [7, 11) is 0. The Balaban J connectivity index is 0.00000211. The first-order chi connectivity index (χ1) is 10.8. The van der Waals surface area contributed by atoms with Crippen molar-refractivity contribution in [2.45, 2.75) is 34.6 Å². The average molecular weight is 295 g/mol. The van der Waals surface area contributed by atoms with Crippen molar-refractivity contribution in [2.75, 3.05) is 0 Å². The van der Waals surface area contributed by atoms with Crippen LogP contribution in [0.2, 0.25) is 0 Å². The molecule has 0 aromatic carbocycles. The van der Waals surface area contributed by atoms with Crippen molar-refractivity contribution in [3.8, 4) is 11.8 Å². The van der Waals surface area contributed by atoms with Crippen LogP contribution < -0.4 is 0 Å². The zero-order chi connectivity index (χ0) is 16.8. The molecule has 2 heteroatoms. The Hall–Kier alpha value is -2.53. The van der Waals surface area contributed by atoms with Crippen LogP contribution in [-0.2, 0) is 0 Å². The number of allylic oxidation sites excluding steroid dienone is 9. The molecule has 0 aliphatic carbocycles. The lowest BCUT2D eigenvalue weighted by atomic mass is 10.0. The second-order valence-electron chi connectivity index (χ2n) is 3.91. The fourth-order valence-electron chi connectivity index (χ4n) is 1.72. The molecule has 2 nitrogen and oxygen atoms in total. The van der Waals surface area contributed by atoms with Crippen molar-refractivity contribution in [2.24, 2.45) is 0 Å². The van der Waals surface area contributed by atoms with E-state index in [1.807, 2.05) is 58.1 Å². The van der Waals surface area contributed by atoms with E-state index in [-0.39, 0.29) is 0 Å². The molecular weight excluding hydrogens is 270 g/mol. The number of aromatic nitrogens is 1. The predicted octanol–water partition coefficient (Wildman–Crippen LogP) is 5.83. The highest BCUT2D eigenvalue weighted by Crippen LogP contribution is 2.26. The lowest BCUT2D eigenvalue weighted by molar-refractivity contribution is 0.417. The lowest BCUT2D eigenvalue weighted by Crippen LogP contribution is -1.88. The molecule has 0 spiro atoms. The fraction of sp³-hybridized carbons (Fsp3) is 0.250. The van der Waals surface area contributed by atoms with Gasteiger partial charge in [0.05, 0.1) is 0 Å². The third-order valence-corrected chi connectivity index (χ3v) is 2.60. The van der Waals surface area contributed by atoms with Crippen LogP contribution in [0, 0.1) is 11.8 Å². The molecule has 1 aromatic heterocycles. The van der Waals surface area contributed by atoms with Crippen LogP contribution in [-0.4, -0.2) is 5.16 Å². The molecule has 1 aromatic rings. The molecule has 22 heavy (non-hydrogen) atoms. The molecule has 0 aliphatic rings. The molecule has 1 rings (SSSR count). The van der Waals surface area contributed by atoms with Crippen LogP contribution in [0.15, 0.2) is 59.9 Å². The molecule has 1 heterocycles. The molecule has 0 saturated carbocycles. The molecule has 0 aliphatic heterocycles. The van der Waals surface area contributed by atoms with Gasteiger partial charge >= 0.3 is 0 Å². The first-order valence-corrected chi connectivity index (χ1v) is 7.44. The molecule has 0 radical (unpaired) electrons. The van der Waals surface area contributed by atoms with Gasteiger partial charge in [0, 0.05) is 11.1 Å². The minimum atomic E-state index is 0.799. The Bertz CT molecular complexity index is 628. The summed E-state index contributed by atoms with van der Waals surface area (Å²) >= 11 is 0. The van der Waals surface area contributed by atoms with E-state index in [0.29, 0.717) is 0 Å². The highest BCUT2D eigenvalue weighted by molar-refractivity contribution is 5.85. The highest BCUT2D eigenvalue weighted by Gasteiger charge is 2.12. The Morgan fingerprint density at radius 3 is 2.50 bits per heavy atom. The van der Waals surface area contributed by atoms with Crippen LogP contribution in [0.5, 0.6) is 0 Å². The van der Waals surface area contributed by atoms with Gasteiger partial charge in [-0.1, -0.05) is 61.9 Å². The van der Waals surface area contributed by atoms with Gasteiger partial charge in [0.25, 0.3) is 0 Å². The van der Waals surface area contributed by atoms with Crippen LogP contribution in [0.4, 0.5) is 0 Å². The van der Waals surface area contributed by atoms with Crippen molar-refractivity contribution in [3.63, 3.8) is 0 Å². The van der Waals surface area contributed by atoms with E-state index in [4.69, 9.17) is 4.52 Å². The normalized spacial score (nSPS) is 11.9. The van der Waals surface area contributed by atoms with Crippen molar-refractivity contribution in [3.05, 3.63) is 66.6 Å². The summed E-state index contributed by atoms with van der Waals surface area (Å²) in [6, 6.07) is 0. The summed E-state index contributed by atoms with van der Waals surface area (Å²) in [6.45, 7) is 13.5. The van der Waals surface area contributed by atoms with Crippen molar-refractivity contribution >= 4 is 11.1 Å². The van der Waals surface area contributed by atoms with Crippen molar-refractivity contribution in [1.29, 1.82) is 0 Å². The summed E-state index contributed by atoms with van der Waals surface area (Å²) in [5.74, 6) is 5.73. The van der Waals surface area contributed by atoms with Gasteiger partial charge < -0.3 is 4.52 Å². The lowest BCUT2D eigenvalue weighted by Gasteiger charge is -2.02. The van der Waals surface area contributed by atoms with Gasteiger partial charge in [-0.15, -0.1) is 5.92 Å². The average Bonchev–Trinajstić information content (AvgIpc) is 3.02. The molecular formula is C20H25NO. The van der Waals surface area contributed by atoms with Gasteiger partial charge in [-0.05, 0) is 38.5 Å². The molecule has 116 valence electrons. The third-order valence-electron chi connectivity index (χ3n) is 2.60. The Morgan fingerprint density at radius 2 is 1.95 bits per heavy atom. The smallest absolute Gasteiger partial charge is 0.132 e. The first-order valence-electron chi connectivity index (χ1n) is 7.44. The van der Waals surface area contributed by atoms with Gasteiger partial charge in [-0.2, -0.15) is 0 Å². The summed E-state index contributed by atoms with van der Waals surface area (Å²) in [5, 5.41) is 4.10. The van der Waals surface area contributed by atoms with Gasteiger partial charge in [0.15, 0.2) is 0 Å². The Morgan fingerprint density at radius 1 is 1.23 bits per heavy atom. The number of rotatable bonds is 5. The second-order valence-corrected chi connectivity index (χ2v) is 3.91. The van der Waals surface area contributed by atoms with E-state index in [1.165, 1.54) is 0 Å².